The van der Waals surface area contributed by atoms with Gasteiger partial charge in [-0.25, -0.2) is 0 Å². The average Bonchev–Trinajstić information content (AvgIpc) is 2.46. The number of ketones is 1. The fourth-order valence-corrected chi connectivity index (χ4v) is 2.01. The van der Waals surface area contributed by atoms with Crippen LogP contribution in [0.2, 0.25) is 0 Å². The van der Waals surface area contributed by atoms with E-state index in [1.807, 2.05) is 0 Å². The molecule has 0 spiro atoms. The van der Waals surface area contributed by atoms with E-state index in [1.165, 1.54) is 12.2 Å². The molecule has 1 aromatic rings. The molecule has 0 saturated carbocycles. The molecule has 1 fully saturated rings. The van der Waals surface area contributed by atoms with Crippen molar-refractivity contribution in [2.75, 3.05) is 26.3 Å². The summed E-state index contributed by atoms with van der Waals surface area (Å²) in [6, 6.07) is 7.03. The SMILES string of the molecule is O=C(/C=C/C(=O)N1CCOCC1)c1ccc(Br)cc1. The van der Waals surface area contributed by atoms with Crippen LogP contribution in [0.5, 0.6) is 0 Å². The smallest absolute Gasteiger partial charge is 0.246 e. The zero-order valence-corrected chi connectivity index (χ0v) is 11.9. The van der Waals surface area contributed by atoms with Gasteiger partial charge in [0.15, 0.2) is 5.78 Å². The first-order chi connectivity index (χ1) is 9.16. The van der Waals surface area contributed by atoms with Crippen molar-refractivity contribution in [1.82, 2.24) is 4.90 Å². The highest BCUT2D eigenvalue weighted by molar-refractivity contribution is 9.10. The summed E-state index contributed by atoms with van der Waals surface area (Å²) in [5, 5.41) is 0. The lowest BCUT2D eigenvalue weighted by Crippen LogP contribution is -2.39. The van der Waals surface area contributed by atoms with Gasteiger partial charge in [0.05, 0.1) is 13.2 Å². The van der Waals surface area contributed by atoms with Crippen LogP contribution < -0.4 is 0 Å². The van der Waals surface area contributed by atoms with E-state index in [4.69, 9.17) is 4.74 Å². The number of carbonyl (C=O) groups excluding carboxylic acids is 2. The molecule has 0 bridgehead atoms. The molecule has 1 aromatic carbocycles. The molecule has 5 heteroatoms. The topological polar surface area (TPSA) is 46.6 Å². The average molecular weight is 324 g/mol. The van der Waals surface area contributed by atoms with E-state index in [1.54, 1.807) is 29.2 Å². The molecule has 100 valence electrons. The third-order valence-electron chi connectivity index (χ3n) is 2.83. The Bertz CT molecular complexity index is 490. The second-order valence-corrected chi connectivity index (χ2v) is 5.06. The quantitative estimate of drug-likeness (QED) is 0.631. The molecule has 4 nitrogen and oxygen atoms in total. The Hall–Kier alpha value is -1.46. The van der Waals surface area contributed by atoms with Gasteiger partial charge in [0.2, 0.25) is 5.91 Å². The second kappa shape index (κ2) is 6.63. The minimum Gasteiger partial charge on any atom is -0.378 e. The third kappa shape index (κ3) is 4.01. The minimum absolute atomic E-state index is 0.145. The maximum absolute atomic E-state index is 11.8. The number of rotatable bonds is 3. The number of carbonyl (C=O) groups is 2. The van der Waals surface area contributed by atoms with E-state index >= 15 is 0 Å². The van der Waals surface area contributed by atoms with Crippen molar-refractivity contribution in [3.05, 3.63) is 46.5 Å². The van der Waals surface area contributed by atoms with Crippen LogP contribution in [0, 0.1) is 0 Å². The number of allylic oxidation sites excluding steroid dienone is 1. The largest absolute Gasteiger partial charge is 0.378 e. The highest BCUT2D eigenvalue weighted by Crippen LogP contribution is 2.11. The number of benzene rings is 1. The molecule has 2 rings (SSSR count). The van der Waals surface area contributed by atoms with Crippen LogP contribution in [0.15, 0.2) is 40.9 Å². The van der Waals surface area contributed by atoms with E-state index in [0.717, 1.165) is 4.47 Å². The van der Waals surface area contributed by atoms with Crippen molar-refractivity contribution in [3.8, 4) is 0 Å². The highest BCUT2D eigenvalue weighted by Gasteiger charge is 2.14. The Balaban J connectivity index is 1.95. The molecule has 0 aliphatic carbocycles. The van der Waals surface area contributed by atoms with E-state index < -0.39 is 0 Å². The zero-order chi connectivity index (χ0) is 13.7. The summed E-state index contributed by atoms with van der Waals surface area (Å²) in [4.78, 5) is 25.3. The van der Waals surface area contributed by atoms with Crippen LogP contribution in [-0.2, 0) is 9.53 Å². The number of nitrogens with zero attached hydrogens (tertiary/aromatic N) is 1. The monoisotopic (exact) mass is 323 g/mol. The van der Waals surface area contributed by atoms with Gasteiger partial charge in [0, 0.05) is 29.2 Å². The van der Waals surface area contributed by atoms with Gasteiger partial charge in [0.25, 0.3) is 0 Å². The Morgan fingerprint density at radius 2 is 1.74 bits per heavy atom. The van der Waals surface area contributed by atoms with Crippen LogP contribution in [0.1, 0.15) is 10.4 Å². The third-order valence-corrected chi connectivity index (χ3v) is 3.36. The predicted octanol–water partition coefficient (Wildman–Crippen LogP) is 2.05. The summed E-state index contributed by atoms with van der Waals surface area (Å²) in [6.45, 7) is 2.27. The maximum Gasteiger partial charge on any atom is 0.246 e. The van der Waals surface area contributed by atoms with Crippen LogP contribution >= 0.6 is 15.9 Å². The first kappa shape index (κ1) is 14.0. The molecule has 0 N–H and O–H groups in total. The van der Waals surface area contributed by atoms with Gasteiger partial charge in [-0.05, 0) is 30.3 Å². The highest BCUT2D eigenvalue weighted by atomic mass is 79.9. The number of hydrogen-bond donors (Lipinski definition) is 0. The van der Waals surface area contributed by atoms with Crippen molar-refractivity contribution in [2.45, 2.75) is 0 Å². The first-order valence-electron chi connectivity index (χ1n) is 6.01. The molecule has 0 radical (unpaired) electrons. The van der Waals surface area contributed by atoms with Crippen LogP contribution in [0.25, 0.3) is 0 Å². The summed E-state index contributed by atoms with van der Waals surface area (Å²) in [5.41, 5.74) is 0.564. The van der Waals surface area contributed by atoms with E-state index in [-0.39, 0.29) is 11.7 Å². The Kier molecular flexibility index (Phi) is 4.87. The molecular formula is C14H14BrNO3. The summed E-state index contributed by atoms with van der Waals surface area (Å²) < 4.78 is 6.08. The fraction of sp³-hybridized carbons (Fsp3) is 0.286. The number of halogens is 1. The van der Waals surface area contributed by atoms with Crippen molar-refractivity contribution in [3.63, 3.8) is 0 Å². The maximum atomic E-state index is 11.8. The summed E-state index contributed by atoms with van der Waals surface area (Å²) in [7, 11) is 0. The molecule has 0 unspecified atom stereocenters. The predicted molar refractivity (Wildman–Crippen MR) is 75.0 cm³/mol. The Labute approximate surface area is 120 Å². The molecule has 1 aliphatic rings. The summed E-state index contributed by atoms with van der Waals surface area (Å²) in [6.07, 6.45) is 2.65. The van der Waals surface area contributed by atoms with Crippen molar-refractivity contribution >= 4 is 27.6 Å². The second-order valence-electron chi connectivity index (χ2n) is 4.14. The van der Waals surface area contributed by atoms with Gasteiger partial charge >= 0.3 is 0 Å². The van der Waals surface area contributed by atoms with E-state index in [9.17, 15) is 9.59 Å². The first-order valence-corrected chi connectivity index (χ1v) is 6.81. The minimum atomic E-state index is -0.172. The number of morpholine rings is 1. The number of ether oxygens (including phenoxy) is 1. The lowest BCUT2D eigenvalue weighted by Gasteiger charge is -2.25. The van der Waals surface area contributed by atoms with Gasteiger partial charge in [0.1, 0.15) is 0 Å². The van der Waals surface area contributed by atoms with Gasteiger partial charge in [-0.2, -0.15) is 0 Å². The van der Waals surface area contributed by atoms with Gasteiger partial charge in [-0.15, -0.1) is 0 Å². The lowest BCUT2D eigenvalue weighted by atomic mass is 10.1. The molecule has 1 amide bonds. The van der Waals surface area contributed by atoms with Crippen LogP contribution in [-0.4, -0.2) is 42.9 Å². The molecule has 0 aromatic heterocycles. The normalized spacial score (nSPS) is 15.7. The Morgan fingerprint density at radius 1 is 1.11 bits per heavy atom. The lowest BCUT2D eigenvalue weighted by molar-refractivity contribution is -0.129. The zero-order valence-electron chi connectivity index (χ0n) is 10.3. The van der Waals surface area contributed by atoms with Crippen molar-refractivity contribution in [2.24, 2.45) is 0 Å². The molecule has 0 atom stereocenters. The van der Waals surface area contributed by atoms with Crippen molar-refractivity contribution in [1.29, 1.82) is 0 Å². The fourth-order valence-electron chi connectivity index (χ4n) is 1.75. The van der Waals surface area contributed by atoms with E-state index in [2.05, 4.69) is 15.9 Å². The van der Waals surface area contributed by atoms with Gasteiger partial charge in [-0.3, -0.25) is 9.59 Å². The van der Waals surface area contributed by atoms with Gasteiger partial charge in [-0.1, -0.05) is 15.9 Å². The Morgan fingerprint density at radius 3 is 2.37 bits per heavy atom. The van der Waals surface area contributed by atoms with Crippen molar-refractivity contribution < 1.29 is 14.3 Å². The van der Waals surface area contributed by atoms with Crippen LogP contribution in [0.3, 0.4) is 0 Å². The van der Waals surface area contributed by atoms with Gasteiger partial charge < -0.3 is 9.64 Å². The van der Waals surface area contributed by atoms with Crippen LogP contribution in [0.4, 0.5) is 0 Å². The summed E-state index contributed by atoms with van der Waals surface area (Å²) >= 11 is 3.31. The summed E-state index contributed by atoms with van der Waals surface area (Å²) in [5.74, 6) is -0.317. The molecule has 19 heavy (non-hydrogen) atoms. The number of hydrogen-bond acceptors (Lipinski definition) is 3. The molecule has 1 heterocycles. The van der Waals surface area contributed by atoms with E-state index in [0.29, 0.717) is 31.9 Å². The number of amides is 1. The molecular weight excluding hydrogens is 310 g/mol. The molecule has 1 aliphatic heterocycles. The standard InChI is InChI=1S/C14H14BrNO3/c15-12-3-1-11(2-4-12)13(17)5-6-14(18)16-7-9-19-10-8-16/h1-6H,7-10H2/b6-5+. The molecule has 1 saturated heterocycles.